The molecule has 2 nitrogen and oxygen atoms in total. The molecule has 0 bridgehead atoms. The number of benzene rings is 2. The first-order valence-corrected chi connectivity index (χ1v) is 6.61. The first-order valence-electron chi connectivity index (χ1n) is 6.23. The second-order valence-electron chi connectivity index (χ2n) is 4.52. The van der Waals surface area contributed by atoms with Crippen molar-refractivity contribution in [3.8, 4) is 16.9 Å². The van der Waals surface area contributed by atoms with E-state index in [-0.39, 0.29) is 0 Å². The van der Waals surface area contributed by atoms with Gasteiger partial charge in [0.1, 0.15) is 5.75 Å². The van der Waals surface area contributed by atoms with Crippen LogP contribution in [0.1, 0.15) is 11.1 Å². The van der Waals surface area contributed by atoms with Crippen molar-refractivity contribution in [2.45, 2.75) is 13.5 Å². The van der Waals surface area contributed by atoms with Gasteiger partial charge in [-0.15, -0.1) is 0 Å². The maximum atomic E-state index is 6.11. The SMILES string of the molecule is CNCc1ccc(C)c(-c2cc(Cl)ccc2OC)c1. The normalized spacial score (nSPS) is 10.5. The minimum Gasteiger partial charge on any atom is -0.496 e. The third-order valence-electron chi connectivity index (χ3n) is 3.13. The average Bonchev–Trinajstić information content (AvgIpc) is 2.41. The zero-order valence-electron chi connectivity index (χ0n) is 11.5. The van der Waals surface area contributed by atoms with Gasteiger partial charge >= 0.3 is 0 Å². The number of hydrogen-bond donors (Lipinski definition) is 1. The van der Waals surface area contributed by atoms with Gasteiger partial charge in [-0.1, -0.05) is 23.7 Å². The van der Waals surface area contributed by atoms with Crippen molar-refractivity contribution in [2.75, 3.05) is 14.2 Å². The summed E-state index contributed by atoms with van der Waals surface area (Å²) in [6, 6.07) is 12.1. The smallest absolute Gasteiger partial charge is 0.126 e. The van der Waals surface area contributed by atoms with Crippen LogP contribution in [0.2, 0.25) is 5.02 Å². The van der Waals surface area contributed by atoms with Gasteiger partial charge in [0, 0.05) is 17.1 Å². The average molecular weight is 276 g/mol. The van der Waals surface area contributed by atoms with Gasteiger partial charge in [-0.25, -0.2) is 0 Å². The zero-order valence-corrected chi connectivity index (χ0v) is 12.2. The van der Waals surface area contributed by atoms with Gasteiger partial charge in [0.15, 0.2) is 0 Å². The van der Waals surface area contributed by atoms with Crippen molar-refractivity contribution in [1.82, 2.24) is 5.32 Å². The zero-order chi connectivity index (χ0) is 13.8. The van der Waals surface area contributed by atoms with Crippen LogP contribution >= 0.6 is 11.6 Å². The molecule has 0 aliphatic heterocycles. The Hall–Kier alpha value is -1.51. The van der Waals surface area contributed by atoms with Crippen molar-refractivity contribution in [2.24, 2.45) is 0 Å². The molecule has 1 N–H and O–H groups in total. The first-order chi connectivity index (χ1) is 9.15. The highest BCUT2D eigenvalue weighted by Gasteiger charge is 2.10. The summed E-state index contributed by atoms with van der Waals surface area (Å²) in [5.74, 6) is 0.842. The van der Waals surface area contributed by atoms with Crippen molar-refractivity contribution in [1.29, 1.82) is 0 Å². The number of nitrogens with one attached hydrogen (secondary N) is 1. The molecule has 2 aromatic rings. The minimum atomic E-state index is 0.717. The molecule has 0 heterocycles. The molecule has 0 aliphatic carbocycles. The van der Waals surface area contributed by atoms with Gasteiger partial charge in [-0.3, -0.25) is 0 Å². The van der Waals surface area contributed by atoms with Crippen LogP contribution in [0.4, 0.5) is 0 Å². The van der Waals surface area contributed by atoms with Crippen molar-refractivity contribution < 1.29 is 4.74 Å². The molecule has 0 radical (unpaired) electrons. The Morgan fingerprint density at radius 1 is 1.11 bits per heavy atom. The Balaban J connectivity index is 2.56. The fourth-order valence-corrected chi connectivity index (χ4v) is 2.34. The van der Waals surface area contributed by atoms with Crippen LogP contribution in [0.5, 0.6) is 5.75 Å². The molecule has 3 heteroatoms. The number of ether oxygens (including phenoxy) is 1. The Morgan fingerprint density at radius 3 is 2.58 bits per heavy atom. The molecule has 0 aliphatic rings. The van der Waals surface area contributed by atoms with Gasteiger partial charge in [-0.2, -0.15) is 0 Å². The monoisotopic (exact) mass is 275 g/mol. The summed E-state index contributed by atoms with van der Waals surface area (Å²) in [7, 11) is 3.62. The minimum absolute atomic E-state index is 0.717. The number of methoxy groups -OCH3 is 1. The molecular weight excluding hydrogens is 258 g/mol. The van der Waals surface area contributed by atoms with Crippen LogP contribution in [0.25, 0.3) is 11.1 Å². The Labute approximate surface area is 119 Å². The fraction of sp³-hybridized carbons (Fsp3) is 0.250. The van der Waals surface area contributed by atoms with Gasteiger partial charge < -0.3 is 10.1 Å². The standard InChI is InChI=1S/C16H18ClNO/c1-11-4-5-12(10-18-2)8-14(11)15-9-13(17)6-7-16(15)19-3/h4-9,18H,10H2,1-3H3. The lowest BCUT2D eigenvalue weighted by Gasteiger charge is -2.13. The lowest BCUT2D eigenvalue weighted by Crippen LogP contribution is -2.05. The van der Waals surface area contributed by atoms with E-state index in [9.17, 15) is 0 Å². The van der Waals surface area contributed by atoms with E-state index in [0.29, 0.717) is 5.02 Å². The number of aryl methyl sites for hydroxylation is 1. The molecule has 2 aromatic carbocycles. The van der Waals surface area contributed by atoms with Gasteiger partial charge in [0.05, 0.1) is 7.11 Å². The first kappa shape index (κ1) is 13.9. The molecule has 0 fully saturated rings. The van der Waals surface area contributed by atoms with Crippen LogP contribution in [0, 0.1) is 6.92 Å². The van der Waals surface area contributed by atoms with E-state index in [4.69, 9.17) is 16.3 Å². The Morgan fingerprint density at radius 2 is 1.89 bits per heavy atom. The molecule has 2 rings (SSSR count). The van der Waals surface area contributed by atoms with Crippen LogP contribution in [-0.2, 0) is 6.54 Å². The predicted molar refractivity (Wildman–Crippen MR) is 80.9 cm³/mol. The summed E-state index contributed by atoms with van der Waals surface area (Å²) >= 11 is 6.11. The third-order valence-corrected chi connectivity index (χ3v) is 3.37. The van der Waals surface area contributed by atoms with E-state index < -0.39 is 0 Å². The summed E-state index contributed by atoms with van der Waals surface area (Å²) < 4.78 is 5.44. The van der Waals surface area contributed by atoms with E-state index >= 15 is 0 Å². The van der Waals surface area contributed by atoms with Crippen LogP contribution in [0.3, 0.4) is 0 Å². The Kier molecular flexibility index (Phi) is 4.46. The third kappa shape index (κ3) is 3.09. The molecule has 0 amide bonds. The largest absolute Gasteiger partial charge is 0.496 e. The van der Waals surface area contributed by atoms with Gasteiger partial charge in [0.25, 0.3) is 0 Å². The summed E-state index contributed by atoms with van der Waals surface area (Å²) in [6.07, 6.45) is 0. The van der Waals surface area contributed by atoms with Crippen LogP contribution < -0.4 is 10.1 Å². The quantitative estimate of drug-likeness (QED) is 0.909. The summed E-state index contributed by atoms with van der Waals surface area (Å²) in [6.45, 7) is 2.94. The van der Waals surface area contributed by atoms with E-state index in [0.717, 1.165) is 23.4 Å². The maximum absolute atomic E-state index is 6.11. The maximum Gasteiger partial charge on any atom is 0.126 e. The lowest BCUT2D eigenvalue weighted by molar-refractivity contribution is 0.416. The number of rotatable bonds is 4. The molecule has 0 aromatic heterocycles. The molecule has 0 saturated carbocycles. The Bertz CT molecular complexity index is 581. The number of halogens is 1. The molecule has 0 unspecified atom stereocenters. The van der Waals surface area contributed by atoms with Crippen molar-refractivity contribution >= 4 is 11.6 Å². The summed E-state index contributed by atoms with van der Waals surface area (Å²) in [5.41, 5.74) is 4.64. The highest BCUT2D eigenvalue weighted by Crippen LogP contribution is 2.34. The van der Waals surface area contributed by atoms with E-state index in [2.05, 4.69) is 30.4 Å². The molecule has 0 saturated heterocycles. The summed E-state index contributed by atoms with van der Waals surface area (Å²) in [4.78, 5) is 0. The topological polar surface area (TPSA) is 21.3 Å². The van der Waals surface area contributed by atoms with Crippen molar-refractivity contribution in [3.63, 3.8) is 0 Å². The highest BCUT2D eigenvalue weighted by molar-refractivity contribution is 6.31. The van der Waals surface area contributed by atoms with Gasteiger partial charge in [0.2, 0.25) is 0 Å². The molecular formula is C16H18ClNO. The summed E-state index contributed by atoms with van der Waals surface area (Å²) in [5, 5.41) is 3.88. The molecule has 0 atom stereocenters. The van der Waals surface area contributed by atoms with E-state index in [1.165, 1.54) is 11.1 Å². The second kappa shape index (κ2) is 6.09. The second-order valence-corrected chi connectivity index (χ2v) is 4.96. The number of hydrogen-bond acceptors (Lipinski definition) is 2. The fourth-order valence-electron chi connectivity index (χ4n) is 2.16. The molecule has 19 heavy (non-hydrogen) atoms. The van der Waals surface area contributed by atoms with Crippen LogP contribution in [-0.4, -0.2) is 14.2 Å². The van der Waals surface area contributed by atoms with Crippen LogP contribution in [0.15, 0.2) is 36.4 Å². The van der Waals surface area contributed by atoms with Crippen molar-refractivity contribution in [3.05, 3.63) is 52.5 Å². The molecule has 0 spiro atoms. The predicted octanol–water partition coefficient (Wildman–Crippen LogP) is 4.04. The lowest BCUT2D eigenvalue weighted by atomic mass is 9.97. The van der Waals surface area contributed by atoms with E-state index in [1.807, 2.05) is 25.2 Å². The highest BCUT2D eigenvalue weighted by atomic mass is 35.5. The van der Waals surface area contributed by atoms with E-state index in [1.54, 1.807) is 7.11 Å². The van der Waals surface area contributed by atoms with Gasteiger partial charge in [-0.05, 0) is 54.9 Å². The molecule has 100 valence electrons.